The fourth-order valence-corrected chi connectivity index (χ4v) is 6.30. The first kappa shape index (κ1) is 31.9. The number of carbonyl (C=O) groups is 2. The average Bonchev–Trinajstić information content (AvgIpc) is 2.84. The smallest absolute Gasteiger partial charge is 0.264 e. The van der Waals surface area contributed by atoms with Crippen LogP contribution in [0, 0.1) is 6.92 Å². The number of hydrogen-bond acceptors (Lipinski definition) is 4. The average molecular weight is 669 g/mol. The maximum Gasteiger partial charge on any atom is 0.264 e. The van der Waals surface area contributed by atoms with Gasteiger partial charge in [0.2, 0.25) is 11.8 Å². The number of rotatable bonds is 9. The maximum absolute atomic E-state index is 14.0. The minimum Gasteiger partial charge on any atom is -0.350 e. The lowest BCUT2D eigenvalue weighted by Crippen LogP contribution is -2.54. The van der Waals surface area contributed by atoms with E-state index in [1.807, 2.05) is 52.0 Å². The molecule has 0 aromatic heterocycles. The Bertz CT molecular complexity index is 1470. The van der Waals surface area contributed by atoms with Gasteiger partial charge >= 0.3 is 0 Å². The summed E-state index contributed by atoms with van der Waals surface area (Å²) in [6.45, 7) is 8.48. The second-order valence-electron chi connectivity index (χ2n) is 10.5. The van der Waals surface area contributed by atoms with Crippen molar-refractivity contribution < 1.29 is 18.0 Å². The zero-order valence-electron chi connectivity index (χ0n) is 22.9. The normalized spacial score (nSPS) is 12.5. The Kier molecular flexibility index (Phi) is 10.3. The predicted molar refractivity (Wildman–Crippen MR) is 164 cm³/mol. The number of carbonyl (C=O) groups excluding carboxylic acids is 2. The van der Waals surface area contributed by atoms with Crippen LogP contribution in [0.25, 0.3) is 0 Å². The van der Waals surface area contributed by atoms with Gasteiger partial charge in [0.05, 0.1) is 10.6 Å². The van der Waals surface area contributed by atoms with Gasteiger partial charge < -0.3 is 10.2 Å². The monoisotopic (exact) mass is 667 g/mol. The molecule has 0 saturated heterocycles. The molecular weight excluding hydrogens is 637 g/mol. The summed E-state index contributed by atoms with van der Waals surface area (Å²) >= 11 is 15.9. The van der Waals surface area contributed by atoms with Crippen molar-refractivity contribution in [1.82, 2.24) is 10.2 Å². The van der Waals surface area contributed by atoms with E-state index in [9.17, 15) is 18.0 Å². The van der Waals surface area contributed by atoms with Crippen molar-refractivity contribution in [1.29, 1.82) is 0 Å². The molecule has 0 fully saturated rings. The number of anilines is 1. The minimum absolute atomic E-state index is 0.000869. The highest BCUT2D eigenvalue weighted by Crippen LogP contribution is 2.30. The van der Waals surface area contributed by atoms with Crippen molar-refractivity contribution in [3.05, 3.63) is 92.4 Å². The maximum atomic E-state index is 14.0. The van der Waals surface area contributed by atoms with E-state index in [0.717, 1.165) is 19.9 Å². The van der Waals surface area contributed by atoms with E-state index >= 15 is 0 Å². The zero-order valence-corrected chi connectivity index (χ0v) is 26.8. The van der Waals surface area contributed by atoms with E-state index in [2.05, 4.69) is 21.2 Å². The fourth-order valence-electron chi connectivity index (χ4n) is 3.94. The highest BCUT2D eigenvalue weighted by Gasteiger charge is 2.33. The molecule has 0 unspecified atom stereocenters. The Morgan fingerprint density at radius 1 is 0.975 bits per heavy atom. The van der Waals surface area contributed by atoms with Crippen molar-refractivity contribution in [3.63, 3.8) is 0 Å². The SMILES string of the molecule is Cc1ccc(S(=O)(=O)N(CC(=O)N(Cc2cccc(Br)c2)[C@@H](C)C(=O)NC(C)(C)C)c2cc(Cl)cc(Cl)c2)cc1. The second-order valence-corrected chi connectivity index (χ2v) is 14.2. The van der Waals surface area contributed by atoms with Crippen LogP contribution < -0.4 is 9.62 Å². The Labute approximate surface area is 254 Å². The van der Waals surface area contributed by atoms with Crippen LogP contribution in [0.1, 0.15) is 38.8 Å². The molecule has 0 radical (unpaired) electrons. The number of halogens is 3. The van der Waals surface area contributed by atoms with Gasteiger partial charge in [0.15, 0.2) is 0 Å². The molecule has 0 aliphatic carbocycles. The molecule has 3 rings (SSSR count). The third-order valence-corrected chi connectivity index (χ3v) is 8.65. The lowest BCUT2D eigenvalue weighted by Gasteiger charge is -2.33. The number of nitrogens with zero attached hydrogens (tertiary/aromatic N) is 2. The van der Waals surface area contributed by atoms with E-state index in [4.69, 9.17) is 23.2 Å². The number of benzene rings is 3. The van der Waals surface area contributed by atoms with E-state index in [1.54, 1.807) is 19.1 Å². The van der Waals surface area contributed by atoms with Gasteiger partial charge in [-0.25, -0.2) is 8.42 Å². The van der Waals surface area contributed by atoms with Gasteiger partial charge in [-0.1, -0.05) is 69.0 Å². The largest absolute Gasteiger partial charge is 0.350 e. The summed E-state index contributed by atoms with van der Waals surface area (Å²) in [4.78, 5) is 28.5. The molecule has 40 heavy (non-hydrogen) atoms. The van der Waals surface area contributed by atoms with Crippen molar-refractivity contribution in [2.24, 2.45) is 0 Å². The molecule has 2 amide bonds. The predicted octanol–water partition coefficient (Wildman–Crippen LogP) is 6.59. The van der Waals surface area contributed by atoms with Crippen LogP contribution in [0.5, 0.6) is 0 Å². The summed E-state index contributed by atoms with van der Waals surface area (Å²) in [6, 6.07) is 17.1. The molecule has 0 bridgehead atoms. The van der Waals surface area contributed by atoms with Crippen LogP contribution in [0.4, 0.5) is 5.69 Å². The van der Waals surface area contributed by atoms with E-state index < -0.39 is 34.1 Å². The molecule has 0 heterocycles. The van der Waals surface area contributed by atoms with Crippen LogP contribution in [0.2, 0.25) is 10.0 Å². The quantitative estimate of drug-likeness (QED) is 0.279. The van der Waals surface area contributed by atoms with E-state index in [0.29, 0.717) is 0 Å². The lowest BCUT2D eigenvalue weighted by molar-refractivity contribution is -0.140. The molecule has 214 valence electrons. The highest BCUT2D eigenvalue weighted by molar-refractivity contribution is 9.10. The molecule has 7 nitrogen and oxygen atoms in total. The Morgan fingerprint density at radius 2 is 1.57 bits per heavy atom. The highest BCUT2D eigenvalue weighted by atomic mass is 79.9. The Balaban J connectivity index is 2.07. The van der Waals surface area contributed by atoms with Crippen LogP contribution in [0.3, 0.4) is 0 Å². The summed E-state index contributed by atoms with van der Waals surface area (Å²) in [5.74, 6) is -0.946. The molecule has 0 spiro atoms. The van der Waals surface area contributed by atoms with Crippen LogP contribution in [-0.4, -0.2) is 43.3 Å². The van der Waals surface area contributed by atoms with Crippen molar-refractivity contribution in [2.75, 3.05) is 10.8 Å². The minimum atomic E-state index is -4.23. The van der Waals surface area contributed by atoms with Gasteiger partial charge in [-0.2, -0.15) is 0 Å². The lowest BCUT2D eigenvalue weighted by atomic mass is 10.1. The van der Waals surface area contributed by atoms with Crippen LogP contribution in [0.15, 0.2) is 76.1 Å². The van der Waals surface area contributed by atoms with Crippen LogP contribution in [-0.2, 0) is 26.2 Å². The molecular formula is C29H32BrCl2N3O4S. The summed E-state index contributed by atoms with van der Waals surface area (Å²) in [7, 11) is -4.23. The summed E-state index contributed by atoms with van der Waals surface area (Å²) in [6.07, 6.45) is 0. The first-order valence-electron chi connectivity index (χ1n) is 12.5. The zero-order chi connectivity index (χ0) is 29.8. The Hall–Kier alpha value is -2.59. The van der Waals surface area contributed by atoms with Crippen molar-refractivity contribution in [2.45, 2.75) is 57.6 Å². The number of hydrogen-bond donors (Lipinski definition) is 1. The first-order valence-corrected chi connectivity index (χ1v) is 15.5. The summed E-state index contributed by atoms with van der Waals surface area (Å²) in [5, 5.41) is 3.33. The van der Waals surface area contributed by atoms with Gasteiger partial charge in [-0.05, 0) is 82.6 Å². The summed E-state index contributed by atoms with van der Waals surface area (Å²) in [5.41, 5.74) is 1.23. The van der Waals surface area contributed by atoms with Gasteiger partial charge in [0.25, 0.3) is 10.0 Å². The topological polar surface area (TPSA) is 86.8 Å². The third-order valence-electron chi connectivity index (χ3n) is 5.93. The standard InChI is InChI=1S/C29H32BrCl2N3O4S/c1-19-9-11-26(12-10-19)40(38,39)35(25-15-23(31)14-24(32)16-25)18-27(36)34(17-21-7-6-8-22(30)13-21)20(2)28(37)33-29(3,4)5/h6-16,20H,17-18H2,1-5H3,(H,33,37)/t20-/m0/s1. The number of sulfonamides is 1. The molecule has 3 aromatic rings. The molecule has 3 aromatic carbocycles. The van der Waals surface area contributed by atoms with E-state index in [1.165, 1.54) is 35.2 Å². The summed E-state index contributed by atoms with van der Waals surface area (Å²) < 4.78 is 29.6. The molecule has 0 aliphatic rings. The van der Waals surface area contributed by atoms with Gasteiger partial charge in [-0.15, -0.1) is 0 Å². The van der Waals surface area contributed by atoms with Gasteiger partial charge in [0.1, 0.15) is 12.6 Å². The van der Waals surface area contributed by atoms with Crippen LogP contribution >= 0.6 is 39.1 Å². The second kappa shape index (κ2) is 12.9. The molecule has 1 atom stereocenters. The van der Waals surface area contributed by atoms with Crippen molar-refractivity contribution >= 4 is 66.7 Å². The number of nitrogens with one attached hydrogen (secondary N) is 1. The molecule has 0 saturated carbocycles. The Morgan fingerprint density at radius 3 is 2.12 bits per heavy atom. The van der Waals surface area contributed by atoms with E-state index in [-0.39, 0.29) is 33.1 Å². The molecule has 11 heteroatoms. The number of amides is 2. The fraction of sp³-hybridized carbons (Fsp3) is 0.310. The van der Waals surface area contributed by atoms with Gasteiger partial charge in [0, 0.05) is 26.6 Å². The third kappa shape index (κ3) is 8.46. The van der Waals surface area contributed by atoms with Crippen molar-refractivity contribution in [3.8, 4) is 0 Å². The van der Waals surface area contributed by atoms with Gasteiger partial charge in [-0.3, -0.25) is 13.9 Å². The first-order chi connectivity index (χ1) is 18.6. The number of aryl methyl sites for hydroxylation is 1. The molecule has 1 N–H and O–H groups in total. The molecule has 0 aliphatic heterocycles.